The van der Waals surface area contributed by atoms with Gasteiger partial charge in [0.1, 0.15) is 0 Å². The second-order valence-corrected chi connectivity index (χ2v) is 8.44. The van der Waals surface area contributed by atoms with Gasteiger partial charge in [0.25, 0.3) is 0 Å². The van der Waals surface area contributed by atoms with Gasteiger partial charge in [-0.25, -0.2) is 0 Å². The Balaban J connectivity index is 1.96. The lowest BCUT2D eigenvalue weighted by Gasteiger charge is -2.36. The molecule has 1 heterocycles. The molecular weight excluding hydrogens is 342 g/mol. The second-order valence-electron chi connectivity index (χ2n) is 6.59. The number of rotatable bonds is 8. The van der Waals surface area contributed by atoms with E-state index in [9.17, 15) is 0 Å². The molecule has 0 saturated heterocycles. The van der Waals surface area contributed by atoms with E-state index in [-0.39, 0.29) is 0 Å². The van der Waals surface area contributed by atoms with Crippen LogP contribution in [0.4, 0.5) is 0 Å². The van der Waals surface area contributed by atoms with Crippen molar-refractivity contribution in [3.05, 3.63) is 20.8 Å². The second kappa shape index (κ2) is 9.32. The SMILES string of the molecule is CCCNCC1CCC(CCC)CC1Cc1sccc1Br. The summed E-state index contributed by atoms with van der Waals surface area (Å²) in [4.78, 5) is 1.55. The van der Waals surface area contributed by atoms with Crippen molar-refractivity contribution in [1.29, 1.82) is 0 Å². The summed E-state index contributed by atoms with van der Waals surface area (Å²) in [6, 6.07) is 2.21. The highest BCUT2D eigenvalue weighted by atomic mass is 79.9. The first-order valence-electron chi connectivity index (χ1n) is 8.67. The molecule has 2 rings (SSSR count). The summed E-state index contributed by atoms with van der Waals surface area (Å²) >= 11 is 5.64. The van der Waals surface area contributed by atoms with Gasteiger partial charge in [0, 0.05) is 9.35 Å². The Hall–Kier alpha value is 0.140. The fourth-order valence-corrected chi connectivity index (χ4v) is 5.39. The number of hydrogen-bond acceptors (Lipinski definition) is 2. The van der Waals surface area contributed by atoms with Gasteiger partial charge in [0.05, 0.1) is 0 Å². The van der Waals surface area contributed by atoms with E-state index in [2.05, 4.69) is 46.5 Å². The summed E-state index contributed by atoms with van der Waals surface area (Å²) in [6.45, 7) is 6.98. The molecule has 120 valence electrons. The molecular formula is C18H30BrNS. The van der Waals surface area contributed by atoms with E-state index in [1.165, 1.54) is 62.5 Å². The third-order valence-corrected chi connectivity index (χ3v) is 6.87. The van der Waals surface area contributed by atoms with Crippen LogP contribution in [0.25, 0.3) is 0 Å². The van der Waals surface area contributed by atoms with Crippen molar-refractivity contribution in [2.75, 3.05) is 13.1 Å². The molecule has 1 N–H and O–H groups in total. The molecule has 3 heteroatoms. The zero-order valence-electron chi connectivity index (χ0n) is 13.5. The monoisotopic (exact) mass is 371 g/mol. The van der Waals surface area contributed by atoms with Gasteiger partial charge >= 0.3 is 0 Å². The average Bonchev–Trinajstić information content (AvgIpc) is 2.87. The summed E-state index contributed by atoms with van der Waals surface area (Å²) in [5, 5.41) is 5.89. The van der Waals surface area contributed by atoms with Gasteiger partial charge in [-0.1, -0.05) is 33.1 Å². The van der Waals surface area contributed by atoms with Crippen LogP contribution in [0.5, 0.6) is 0 Å². The first-order valence-corrected chi connectivity index (χ1v) is 10.3. The third-order valence-electron chi connectivity index (χ3n) is 4.92. The molecule has 3 atom stereocenters. The van der Waals surface area contributed by atoms with Crippen LogP contribution in [0, 0.1) is 17.8 Å². The topological polar surface area (TPSA) is 12.0 Å². The number of nitrogens with one attached hydrogen (secondary N) is 1. The molecule has 1 nitrogen and oxygen atoms in total. The van der Waals surface area contributed by atoms with E-state index in [1.54, 1.807) is 4.88 Å². The molecule has 0 spiro atoms. The molecule has 1 aromatic heterocycles. The van der Waals surface area contributed by atoms with Gasteiger partial charge in [-0.05, 0) is 83.9 Å². The Bertz CT molecular complexity index is 404. The first-order chi connectivity index (χ1) is 10.2. The summed E-state index contributed by atoms with van der Waals surface area (Å²) in [7, 11) is 0. The van der Waals surface area contributed by atoms with Crippen molar-refractivity contribution >= 4 is 27.3 Å². The van der Waals surface area contributed by atoms with E-state index in [0.29, 0.717) is 0 Å². The van der Waals surface area contributed by atoms with E-state index >= 15 is 0 Å². The molecule has 0 aliphatic heterocycles. The minimum absolute atomic E-state index is 0.870. The maximum atomic E-state index is 3.72. The third kappa shape index (κ3) is 5.37. The minimum atomic E-state index is 0.870. The van der Waals surface area contributed by atoms with Crippen LogP contribution in [-0.4, -0.2) is 13.1 Å². The van der Waals surface area contributed by atoms with Gasteiger partial charge in [-0.15, -0.1) is 11.3 Å². The van der Waals surface area contributed by atoms with Crippen molar-refractivity contribution in [2.45, 2.75) is 58.8 Å². The summed E-state index contributed by atoms with van der Waals surface area (Å²) in [5.41, 5.74) is 0. The highest BCUT2D eigenvalue weighted by Crippen LogP contribution is 2.39. The quantitative estimate of drug-likeness (QED) is 0.562. The van der Waals surface area contributed by atoms with Crippen LogP contribution in [0.1, 0.15) is 57.2 Å². The molecule has 1 aromatic rings. The van der Waals surface area contributed by atoms with Crippen molar-refractivity contribution in [3.8, 4) is 0 Å². The smallest absolute Gasteiger partial charge is 0.0314 e. The molecule has 1 fully saturated rings. The van der Waals surface area contributed by atoms with Crippen molar-refractivity contribution in [3.63, 3.8) is 0 Å². The molecule has 0 radical (unpaired) electrons. The first kappa shape index (κ1) is 17.5. The predicted molar refractivity (Wildman–Crippen MR) is 98.1 cm³/mol. The van der Waals surface area contributed by atoms with Crippen LogP contribution in [-0.2, 0) is 6.42 Å². The van der Waals surface area contributed by atoms with E-state index in [1.807, 2.05) is 11.3 Å². The van der Waals surface area contributed by atoms with Crippen LogP contribution in [0.2, 0.25) is 0 Å². The molecule has 21 heavy (non-hydrogen) atoms. The Morgan fingerprint density at radius 2 is 2.10 bits per heavy atom. The predicted octanol–water partition coefficient (Wildman–Crippen LogP) is 5.89. The molecule has 3 unspecified atom stereocenters. The lowest BCUT2D eigenvalue weighted by molar-refractivity contribution is 0.168. The molecule has 0 bridgehead atoms. The molecule has 0 aromatic carbocycles. The Kier molecular flexibility index (Phi) is 7.76. The zero-order chi connectivity index (χ0) is 15.1. The Morgan fingerprint density at radius 3 is 2.76 bits per heavy atom. The Labute approximate surface area is 143 Å². The summed E-state index contributed by atoms with van der Waals surface area (Å²) in [6.07, 6.45) is 9.61. The maximum Gasteiger partial charge on any atom is 0.0314 e. The Morgan fingerprint density at radius 1 is 1.24 bits per heavy atom. The van der Waals surface area contributed by atoms with E-state index in [4.69, 9.17) is 0 Å². The number of halogens is 1. The van der Waals surface area contributed by atoms with Gasteiger partial charge < -0.3 is 5.32 Å². The van der Waals surface area contributed by atoms with Gasteiger partial charge in [0.15, 0.2) is 0 Å². The fourth-order valence-electron chi connectivity index (χ4n) is 3.79. The summed E-state index contributed by atoms with van der Waals surface area (Å²) < 4.78 is 1.32. The van der Waals surface area contributed by atoms with Crippen molar-refractivity contribution in [2.24, 2.45) is 17.8 Å². The van der Waals surface area contributed by atoms with Gasteiger partial charge in [-0.2, -0.15) is 0 Å². The lowest BCUT2D eigenvalue weighted by atomic mass is 9.71. The van der Waals surface area contributed by atoms with Gasteiger partial charge in [-0.3, -0.25) is 0 Å². The van der Waals surface area contributed by atoms with E-state index < -0.39 is 0 Å². The normalized spacial score (nSPS) is 26.1. The van der Waals surface area contributed by atoms with Crippen LogP contribution in [0.3, 0.4) is 0 Å². The maximum absolute atomic E-state index is 3.72. The average molecular weight is 372 g/mol. The standard InChI is InChI=1S/C18H30BrNS/c1-3-5-14-6-7-15(13-20-9-4-2)16(11-14)12-18-17(19)8-10-21-18/h8,10,14-16,20H,3-7,9,11-13H2,1-2H3. The fraction of sp³-hybridized carbons (Fsp3) is 0.778. The molecule has 0 amide bonds. The summed E-state index contributed by atoms with van der Waals surface area (Å²) in [5.74, 6) is 2.72. The van der Waals surface area contributed by atoms with Crippen LogP contribution in [0.15, 0.2) is 15.9 Å². The molecule has 1 saturated carbocycles. The molecule has 1 aliphatic rings. The van der Waals surface area contributed by atoms with Crippen molar-refractivity contribution in [1.82, 2.24) is 5.32 Å². The van der Waals surface area contributed by atoms with Crippen LogP contribution >= 0.6 is 27.3 Å². The highest BCUT2D eigenvalue weighted by Gasteiger charge is 2.30. The lowest BCUT2D eigenvalue weighted by Crippen LogP contribution is -2.34. The molecule has 1 aliphatic carbocycles. The van der Waals surface area contributed by atoms with Gasteiger partial charge in [0.2, 0.25) is 0 Å². The van der Waals surface area contributed by atoms with E-state index in [0.717, 1.165) is 17.8 Å². The highest BCUT2D eigenvalue weighted by molar-refractivity contribution is 9.10. The number of thiophene rings is 1. The zero-order valence-corrected chi connectivity index (χ0v) is 15.9. The number of hydrogen-bond donors (Lipinski definition) is 1. The largest absolute Gasteiger partial charge is 0.316 e. The minimum Gasteiger partial charge on any atom is -0.316 e. The van der Waals surface area contributed by atoms with Crippen LogP contribution < -0.4 is 5.32 Å². The van der Waals surface area contributed by atoms with Crippen molar-refractivity contribution < 1.29 is 0 Å².